The van der Waals surface area contributed by atoms with Crippen molar-refractivity contribution in [2.45, 2.75) is 33.2 Å². The molecule has 26 heavy (non-hydrogen) atoms. The number of carbonyl (C=O) groups is 2. The van der Waals surface area contributed by atoms with Crippen LogP contribution in [0.15, 0.2) is 35.6 Å². The van der Waals surface area contributed by atoms with Crippen LogP contribution in [0.4, 0.5) is 0 Å². The molecule has 1 N–H and O–H groups in total. The summed E-state index contributed by atoms with van der Waals surface area (Å²) in [5, 5.41) is 10.5. The minimum absolute atomic E-state index is 0.146. The van der Waals surface area contributed by atoms with Gasteiger partial charge in [-0.15, -0.1) is 0 Å². The first-order valence-electron chi connectivity index (χ1n) is 8.64. The number of hydrogen-bond donors (Lipinski definition) is 1. The highest BCUT2D eigenvalue weighted by Crippen LogP contribution is 2.41. The van der Waals surface area contributed by atoms with Gasteiger partial charge in [0.25, 0.3) is 5.91 Å². The molecule has 0 bridgehead atoms. The fraction of sp³-hybridized carbons (Fsp3) is 0.500. The van der Waals surface area contributed by atoms with Gasteiger partial charge in [0.2, 0.25) is 0 Å². The summed E-state index contributed by atoms with van der Waals surface area (Å²) in [6, 6.07) is 6.58. The summed E-state index contributed by atoms with van der Waals surface area (Å²) >= 11 is 0. The van der Waals surface area contributed by atoms with Gasteiger partial charge in [0.05, 0.1) is 18.7 Å². The average molecular weight is 361 g/mol. The number of aliphatic hydroxyl groups excluding tert-OH is 1. The summed E-state index contributed by atoms with van der Waals surface area (Å²) in [5.74, 6) is -0.608. The molecule has 1 unspecified atom stereocenters. The molecule has 0 aromatic heterocycles. The molecule has 6 heteroatoms. The molecular formula is C20H27NO5. The van der Waals surface area contributed by atoms with Crippen LogP contribution in [0, 0.1) is 5.41 Å². The topological polar surface area (TPSA) is 76.1 Å². The van der Waals surface area contributed by atoms with E-state index in [2.05, 4.69) is 0 Å². The van der Waals surface area contributed by atoms with Gasteiger partial charge in [0.1, 0.15) is 5.75 Å². The predicted molar refractivity (Wildman–Crippen MR) is 98.1 cm³/mol. The molecule has 1 aromatic carbocycles. The average Bonchev–Trinajstić information content (AvgIpc) is 2.85. The van der Waals surface area contributed by atoms with E-state index in [4.69, 9.17) is 9.47 Å². The molecule has 0 radical (unpaired) electrons. The Morgan fingerprint density at radius 2 is 1.96 bits per heavy atom. The number of rotatable bonds is 7. The molecule has 0 saturated carbocycles. The Kier molecular flexibility index (Phi) is 6.08. The Morgan fingerprint density at radius 3 is 2.54 bits per heavy atom. The zero-order valence-corrected chi connectivity index (χ0v) is 16.0. The van der Waals surface area contributed by atoms with Crippen LogP contribution in [-0.2, 0) is 14.3 Å². The number of carbonyl (C=O) groups excluding carboxylic acids is 2. The second-order valence-electron chi connectivity index (χ2n) is 7.37. The van der Waals surface area contributed by atoms with E-state index in [1.54, 1.807) is 53.2 Å². The van der Waals surface area contributed by atoms with Crippen LogP contribution in [-0.4, -0.2) is 49.1 Å². The number of hydrogen-bond acceptors (Lipinski definition) is 5. The summed E-state index contributed by atoms with van der Waals surface area (Å²) in [4.78, 5) is 27.2. The Hall–Kier alpha value is -2.34. The fourth-order valence-electron chi connectivity index (χ4n) is 3.06. The van der Waals surface area contributed by atoms with Gasteiger partial charge >= 0.3 is 0 Å². The molecule has 1 aromatic rings. The van der Waals surface area contributed by atoms with Gasteiger partial charge in [-0.2, -0.15) is 0 Å². The highest BCUT2D eigenvalue weighted by atomic mass is 16.5. The lowest BCUT2D eigenvalue weighted by atomic mass is 9.82. The van der Waals surface area contributed by atoms with E-state index in [9.17, 15) is 14.7 Å². The molecular weight excluding hydrogens is 334 g/mol. The lowest BCUT2D eigenvalue weighted by Gasteiger charge is -2.29. The Morgan fingerprint density at radius 1 is 1.27 bits per heavy atom. The van der Waals surface area contributed by atoms with Gasteiger partial charge in [0, 0.05) is 25.7 Å². The van der Waals surface area contributed by atoms with Crippen LogP contribution in [0.25, 0.3) is 0 Å². The molecule has 1 heterocycles. The highest BCUT2D eigenvalue weighted by Gasteiger charge is 2.45. The number of methoxy groups -OCH3 is 2. The number of benzene rings is 1. The summed E-state index contributed by atoms with van der Waals surface area (Å²) < 4.78 is 10.3. The number of ether oxygens (including phenoxy) is 2. The van der Waals surface area contributed by atoms with Crippen LogP contribution in [0.2, 0.25) is 0 Å². The predicted octanol–water partition coefficient (Wildman–Crippen LogP) is 3.04. The minimum Gasteiger partial charge on any atom is -0.503 e. The lowest BCUT2D eigenvalue weighted by molar-refractivity contribution is -0.129. The van der Waals surface area contributed by atoms with Crippen molar-refractivity contribution in [1.29, 1.82) is 0 Å². The van der Waals surface area contributed by atoms with Crippen molar-refractivity contribution in [1.82, 2.24) is 4.90 Å². The smallest absolute Gasteiger partial charge is 0.290 e. The molecule has 1 atom stereocenters. The zero-order valence-electron chi connectivity index (χ0n) is 16.0. The zero-order chi connectivity index (χ0) is 19.5. The van der Waals surface area contributed by atoms with Crippen molar-refractivity contribution in [2.75, 3.05) is 27.4 Å². The monoisotopic (exact) mass is 361 g/mol. The standard InChI is InChI=1S/C20H27NO5/c1-20(2,3)18(23)15-16(13-8-6-9-14(12-13)26-5)21(10-7-11-25-4)19(24)17(15)22/h6,8-9,12,16,22H,7,10-11H2,1-5H3. The molecule has 0 spiro atoms. The summed E-state index contributed by atoms with van der Waals surface area (Å²) in [7, 11) is 3.15. The quantitative estimate of drug-likeness (QED) is 0.756. The van der Waals surface area contributed by atoms with Crippen LogP contribution in [0.1, 0.15) is 38.8 Å². The molecule has 2 rings (SSSR count). The molecule has 1 aliphatic rings. The second-order valence-corrected chi connectivity index (χ2v) is 7.37. The van der Waals surface area contributed by atoms with Crippen LogP contribution in [0.3, 0.4) is 0 Å². The van der Waals surface area contributed by atoms with Crippen molar-refractivity contribution in [3.05, 3.63) is 41.2 Å². The van der Waals surface area contributed by atoms with Crippen molar-refractivity contribution >= 4 is 11.7 Å². The number of Topliss-reactive ketones (excluding diaryl/α,β-unsaturated/α-hetero) is 1. The third kappa shape index (κ3) is 3.90. The Labute approximate surface area is 154 Å². The van der Waals surface area contributed by atoms with E-state index < -0.39 is 23.1 Å². The van der Waals surface area contributed by atoms with E-state index in [1.165, 1.54) is 4.90 Å². The van der Waals surface area contributed by atoms with E-state index in [1.807, 2.05) is 6.07 Å². The van der Waals surface area contributed by atoms with E-state index >= 15 is 0 Å². The van der Waals surface area contributed by atoms with Crippen LogP contribution < -0.4 is 4.74 Å². The van der Waals surface area contributed by atoms with Gasteiger partial charge in [-0.05, 0) is 24.1 Å². The van der Waals surface area contributed by atoms with Gasteiger partial charge < -0.3 is 19.5 Å². The third-order valence-corrected chi connectivity index (χ3v) is 4.39. The molecule has 0 aliphatic carbocycles. The van der Waals surface area contributed by atoms with Crippen molar-refractivity contribution in [3.63, 3.8) is 0 Å². The van der Waals surface area contributed by atoms with Crippen molar-refractivity contribution in [2.24, 2.45) is 5.41 Å². The van der Waals surface area contributed by atoms with Crippen molar-refractivity contribution in [3.8, 4) is 5.75 Å². The minimum atomic E-state index is -0.719. The normalized spacial score (nSPS) is 17.8. The van der Waals surface area contributed by atoms with Crippen molar-refractivity contribution < 1.29 is 24.2 Å². The number of amides is 1. The molecule has 0 saturated heterocycles. The van der Waals surface area contributed by atoms with Gasteiger partial charge in [-0.25, -0.2) is 0 Å². The third-order valence-electron chi connectivity index (χ3n) is 4.39. The van der Waals surface area contributed by atoms with Gasteiger partial charge in [-0.3, -0.25) is 9.59 Å². The highest BCUT2D eigenvalue weighted by molar-refractivity contribution is 6.10. The molecule has 1 aliphatic heterocycles. The summed E-state index contributed by atoms with van der Waals surface area (Å²) in [6.45, 7) is 6.18. The van der Waals surface area contributed by atoms with Gasteiger partial charge in [0.15, 0.2) is 11.5 Å². The number of aliphatic hydroxyl groups is 1. The number of nitrogens with zero attached hydrogens (tertiary/aromatic N) is 1. The maximum atomic E-state index is 13.0. The Bertz CT molecular complexity index is 717. The lowest BCUT2D eigenvalue weighted by Crippen LogP contribution is -2.34. The summed E-state index contributed by atoms with van der Waals surface area (Å²) in [5.41, 5.74) is 0.156. The fourth-order valence-corrected chi connectivity index (χ4v) is 3.06. The van der Waals surface area contributed by atoms with Crippen LogP contribution >= 0.6 is 0 Å². The van der Waals surface area contributed by atoms with E-state index in [0.717, 1.165) is 5.56 Å². The van der Waals surface area contributed by atoms with E-state index in [-0.39, 0.29) is 11.4 Å². The van der Waals surface area contributed by atoms with E-state index in [0.29, 0.717) is 25.3 Å². The molecule has 6 nitrogen and oxygen atoms in total. The SMILES string of the molecule is COCCCN1C(=O)C(O)=C(C(=O)C(C)(C)C)C1c1cccc(OC)c1. The second kappa shape index (κ2) is 7.91. The van der Waals surface area contributed by atoms with Crippen LogP contribution in [0.5, 0.6) is 5.75 Å². The first-order chi connectivity index (χ1) is 12.2. The largest absolute Gasteiger partial charge is 0.503 e. The first-order valence-corrected chi connectivity index (χ1v) is 8.64. The summed E-state index contributed by atoms with van der Waals surface area (Å²) in [6.07, 6.45) is 0.604. The maximum absolute atomic E-state index is 13.0. The first kappa shape index (κ1) is 20.0. The Balaban J connectivity index is 2.52. The molecule has 0 fully saturated rings. The number of ketones is 1. The molecule has 142 valence electrons. The molecule has 1 amide bonds. The maximum Gasteiger partial charge on any atom is 0.290 e. The van der Waals surface area contributed by atoms with Gasteiger partial charge in [-0.1, -0.05) is 32.9 Å².